The van der Waals surface area contributed by atoms with Crippen LogP contribution in [0.15, 0.2) is 38.1 Å². The molecular weight excluding hydrogens is 398 g/mol. The van der Waals surface area contributed by atoms with Gasteiger partial charge in [0.05, 0.1) is 5.69 Å². The van der Waals surface area contributed by atoms with Gasteiger partial charge in [0, 0.05) is 22.1 Å². The van der Waals surface area contributed by atoms with Crippen LogP contribution in [0.25, 0.3) is 0 Å². The molecule has 0 aliphatic heterocycles. The molecule has 0 unspecified atom stereocenters. The molecule has 2 aromatic rings. The predicted molar refractivity (Wildman–Crippen MR) is 80.6 cm³/mol. The Kier molecular flexibility index (Phi) is 4.03. The Morgan fingerprint density at radius 1 is 1.26 bits per heavy atom. The number of nitrogens with one attached hydrogen (secondary N) is 1. The van der Waals surface area contributed by atoms with Gasteiger partial charge in [-0.1, -0.05) is 15.9 Å². The molecule has 5 nitrogen and oxygen atoms in total. The highest BCUT2D eigenvalue weighted by atomic mass is 79.9. The zero-order valence-corrected chi connectivity index (χ0v) is 14.2. The fourth-order valence-electron chi connectivity index (χ4n) is 1.59. The molecule has 0 aliphatic rings. The van der Waals surface area contributed by atoms with Crippen LogP contribution in [0.2, 0.25) is 0 Å². The Morgan fingerprint density at radius 2 is 1.95 bits per heavy atom. The Morgan fingerprint density at radius 3 is 2.47 bits per heavy atom. The molecule has 0 radical (unpaired) electrons. The van der Waals surface area contributed by atoms with Crippen molar-refractivity contribution in [2.24, 2.45) is 7.05 Å². The number of nitrogens with zero attached hydrogens (tertiary/aromatic N) is 2. The van der Waals surface area contributed by atoms with Crippen molar-refractivity contribution in [3.8, 4) is 0 Å². The number of halogens is 2. The summed E-state index contributed by atoms with van der Waals surface area (Å²) in [6.07, 6.45) is 0. The van der Waals surface area contributed by atoms with Crippen molar-refractivity contribution in [3.05, 3.63) is 38.9 Å². The van der Waals surface area contributed by atoms with Crippen molar-refractivity contribution in [1.29, 1.82) is 0 Å². The normalized spacial score (nSPS) is 11.6. The summed E-state index contributed by atoms with van der Waals surface area (Å²) in [6.45, 7) is 1.80. The smallest absolute Gasteiger partial charge is 0.264 e. The summed E-state index contributed by atoms with van der Waals surface area (Å²) in [5.74, 6) is 0.423. The second-order valence-corrected chi connectivity index (χ2v) is 7.40. The molecule has 8 heteroatoms. The lowest BCUT2D eigenvalue weighted by atomic mass is 10.4. The van der Waals surface area contributed by atoms with E-state index in [4.69, 9.17) is 0 Å². The maximum absolute atomic E-state index is 12.3. The summed E-state index contributed by atoms with van der Waals surface area (Å²) < 4.78 is 29.9. The second-order valence-electron chi connectivity index (χ2n) is 3.97. The molecule has 0 saturated carbocycles. The van der Waals surface area contributed by atoms with E-state index in [2.05, 4.69) is 41.7 Å². The SMILES string of the molecule is Cc1cc(NS(=O)(=O)c2ccc(Br)cc2Br)n(C)n1. The summed E-state index contributed by atoms with van der Waals surface area (Å²) in [4.78, 5) is 0.176. The van der Waals surface area contributed by atoms with Crippen LogP contribution in [0.1, 0.15) is 5.69 Å². The van der Waals surface area contributed by atoms with Crippen LogP contribution in [0, 0.1) is 6.92 Å². The average molecular weight is 409 g/mol. The van der Waals surface area contributed by atoms with Gasteiger partial charge in [-0.25, -0.2) is 8.42 Å². The van der Waals surface area contributed by atoms with Crippen LogP contribution in [0.4, 0.5) is 5.82 Å². The van der Waals surface area contributed by atoms with E-state index >= 15 is 0 Å². The molecule has 0 bridgehead atoms. The van der Waals surface area contributed by atoms with E-state index < -0.39 is 10.0 Å². The fourth-order valence-corrected chi connectivity index (χ4v) is 4.42. The Labute approximate surface area is 128 Å². The van der Waals surface area contributed by atoms with Gasteiger partial charge < -0.3 is 0 Å². The topological polar surface area (TPSA) is 64.0 Å². The van der Waals surface area contributed by atoms with E-state index in [1.807, 2.05) is 0 Å². The molecule has 0 saturated heterocycles. The highest BCUT2D eigenvalue weighted by Gasteiger charge is 2.19. The Hall–Kier alpha value is -0.860. The molecule has 2 rings (SSSR count). The van der Waals surface area contributed by atoms with Crippen molar-refractivity contribution in [1.82, 2.24) is 9.78 Å². The molecule has 0 atom stereocenters. The van der Waals surface area contributed by atoms with Crippen LogP contribution in [0.3, 0.4) is 0 Å². The monoisotopic (exact) mass is 407 g/mol. The predicted octanol–water partition coefficient (Wildman–Crippen LogP) is 3.05. The first kappa shape index (κ1) is 14.5. The second kappa shape index (κ2) is 5.26. The molecular formula is C11H11Br2N3O2S. The van der Waals surface area contributed by atoms with Crippen molar-refractivity contribution in [2.75, 3.05) is 4.72 Å². The van der Waals surface area contributed by atoms with Crippen LogP contribution in [-0.4, -0.2) is 18.2 Å². The van der Waals surface area contributed by atoms with Gasteiger partial charge in [0.2, 0.25) is 0 Å². The summed E-state index contributed by atoms with van der Waals surface area (Å²) >= 11 is 6.53. The number of hydrogen-bond donors (Lipinski definition) is 1. The van der Waals surface area contributed by atoms with Gasteiger partial charge in [-0.15, -0.1) is 0 Å². The molecule has 1 N–H and O–H groups in total. The minimum Gasteiger partial charge on any atom is -0.264 e. The zero-order valence-electron chi connectivity index (χ0n) is 10.2. The number of sulfonamides is 1. The van der Waals surface area contributed by atoms with E-state index in [0.29, 0.717) is 10.3 Å². The minimum atomic E-state index is -3.65. The molecule has 0 fully saturated rings. The highest BCUT2D eigenvalue weighted by molar-refractivity contribution is 9.11. The molecule has 1 heterocycles. The zero-order chi connectivity index (χ0) is 14.2. The van der Waals surface area contributed by atoms with E-state index in [9.17, 15) is 8.42 Å². The van der Waals surface area contributed by atoms with Gasteiger partial charge in [-0.05, 0) is 41.1 Å². The van der Waals surface area contributed by atoms with Crippen molar-refractivity contribution in [3.63, 3.8) is 0 Å². The quantitative estimate of drug-likeness (QED) is 0.848. The van der Waals surface area contributed by atoms with E-state index in [0.717, 1.165) is 10.2 Å². The summed E-state index contributed by atoms with van der Waals surface area (Å²) in [5, 5.41) is 4.10. The maximum atomic E-state index is 12.3. The van der Waals surface area contributed by atoms with Crippen LogP contribution in [-0.2, 0) is 17.1 Å². The Bertz CT molecular complexity index is 726. The minimum absolute atomic E-state index is 0.176. The molecule has 0 amide bonds. The standard InChI is InChI=1S/C11H11Br2N3O2S/c1-7-5-11(16(2)14-7)15-19(17,18)10-4-3-8(12)6-9(10)13/h3-6,15H,1-2H3. The van der Waals surface area contributed by atoms with Gasteiger partial charge in [0.1, 0.15) is 10.7 Å². The number of anilines is 1. The van der Waals surface area contributed by atoms with Crippen molar-refractivity contribution >= 4 is 47.7 Å². The lowest BCUT2D eigenvalue weighted by Crippen LogP contribution is -2.15. The number of rotatable bonds is 3. The molecule has 0 spiro atoms. The summed E-state index contributed by atoms with van der Waals surface area (Å²) in [7, 11) is -1.97. The molecule has 19 heavy (non-hydrogen) atoms. The highest BCUT2D eigenvalue weighted by Crippen LogP contribution is 2.27. The third-order valence-corrected chi connectivity index (χ3v) is 5.25. The maximum Gasteiger partial charge on any atom is 0.264 e. The number of hydrogen-bond acceptors (Lipinski definition) is 3. The number of aryl methyl sites for hydroxylation is 2. The summed E-state index contributed by atoms with van der Waals surface area (Å²) in [6, 6.07) is 6.56. The average Bonchev–Trinajstić information content (AvgIpc) is 2.55. The number of aromatic nitrogens is 2. The van der Waals surface area contributed by atoms with Crippen LogP contribution < -0.4 is 4.72 Å². The van der Waals surface area contributed by atoms with Gasteiger partial charge in [0.15, 0.2) is 0 Å². The molecule has 0 aliphatic carbocycles. The number of benzene rings is 1. The lowest BCUT2D eigenvalue weighted by molar-refractivity contribution is 0.599. The third kappa shape index (κ3) is 3.18. The van der Waals surface area contributed by atoms with E-state index in [-0.39, 0.29) is 4.90 Å². The summed E-state index contributed by atoms with van der Waals surface area (Å²) in [5.41, 5.74) is 0.745. The van der Waals surface area contributed by atoms with Crippen LogP contribution >= 0.6 is 31.9 Å². The largest absolute Gasteiger partial charge is 0.264 e. The van der Waals surface area contributed by atoms with Gasteiger partial charge in [-0.2, -0.15) is 5.10 Å². The first-order valence-corrected chi connectivity index (χ1v) is 8.35. The first-order chi connectivity index (χ1) is 8.79. The van der Waals surface area contributed by atoms with E-state index in [1.165, 1.54) is 10.7 Å². The Balaban J connectivity index is 2.40. The lowest BCUT2D eigenvalue weighted by Gasteiger charge is -2.09. The first-order valence-electron chi connectivity index (χ1n) is 5.28. The van der Waals surface area contributed by atoms with Crippen LogP contribution in [0.5, 0.6) is 0 Å². The molecule has 1 aromatic carbocycles. The van der Waals surface area contributed by atoms with E-state index in [1.54, 1.807) is 32.2 Å². The van der Waals surface area contributed by atoms with Gasteiger partial charge in [0.25, 0.3) is 10.0 Å². The fraction of sp³-hybridized carbons (Fsp3) is 0.182. The van der Waals surface area contributed by atoms with Crippen molar-refractivity contribution < 1.29 is 8.42 Å². The third-order valence-electron chi connectivity index (χ3n) is 2.42. The van der Waals surface area contributed by atoms with Gasteiger partial charge >= 0.3 is 0 Å². The van der Waals surface area contributed by atoms with Gasteiger partial charge in [-0.3, -0.25) is 9.40 Å². The molecule has 102 valence electrons. The molecule has 1 aromatic heterocycles. The van der Waals surface area contributed by atoms with Crippen molar-refractivity contribution in [2.45, 2.75) is 11.8 Å².